The average Bonchev–Trinajstić information content (AvgIpc) is 3.00. The van der Waals surface area contributed by atoms with Gasteiger partial charge in [-0.05, 0) is 55.3 Å². The highest BCUT2D eigenvalue weighted by Gasteiger charge is 2.46. The van der Waals surface area contributed by atoms with Crippen molar-refractivity contribution in [1.82, 2.24) is 5.32 Å². The van der Waals surface area contributed by atoms with E-state index in [2.05, 4.69) is 10.6 Å². The van der Waals surface area contributed by atoms with Crippen molar-refractivity contribution >= 4 is 29.2 Å². The number of hydrogen-bond acceptors (Lipinski definition) is 6. The zero-order valence-corrected chi connectivity index (χ0v) is 17.8. The lowest BCUT2D eigenvalue weighted by molar-refractivity contribution is -0.225. The first-order valence-corrected chi connectivity index (χ1v) is 10.5. The minimum Gasteiger partial charge on any atom is -0.416 e. The summed E-state index contributed by atoms with van der Waals surface area (Å²) < 4.78 is 52.0. The lowest BCUT2D eigenvalue weighted by Gasteiger charge is -2.32. The van der Waals surface area contributed by atoms with Crippen molar-refractivity contribution in [2.24, 2.45) is 0 Å². The number of nitrogens with one attached hydrogen (secondary N) is 2. The molecule has 2 aliphatic heterocycles. The molecule has 0 radical (unpaired) electrons. The standard InChI is InChI=1S/C22H20ClF3N2O4/c1-11(12-8-16(24)20(26)17(25)9-12)28-21-13-6-7-27-10-22(14(13)2-3-15(21)23)31-18(29)4-5-19(30)32-22/h2-3,8-9,11,27-28H,4-7,10H2,1H3. The molecule has 0 aliphatic carbocycles. The molecule has 0 saturated carbocycles. The Hall–Kier alpha value is -2.78. The van der Waals surface area contributed by atoms with Crippen molar-refractivity contribution in [2.75, 3.05) is 18.4 Å². The Bertz CT molecular complexity index is 1050. The van der Waals surface area contributed by atoms with E-state index in [0.29, 0.717) is 34.8 Å². The van der Waals surface area contributed by atoms with Gasteiger partial charge in [-0.1, -0.05) is 11.6 Å². The molecule has 1 fully saturated rings. The molecule has 0 bridgehead atoms. The van der Waals surface area contributed by atoms with E-state index in [0.717, 1.165) is 12.1 Å². The summed E-state index contributed by atoms with van der Waals surface area (Å²) in [5, 5.41) is 6.54. The average molecular weight is 469 g/mol. The Kier molecular flexibility index (Phi) is 6.05. The molecule has 2 aromatic rings. The largest absolute Gasteiger partial charge is 0.416 e. The van der Waals surface area contributed by atoms with Crippen LogP contribution in [0, 0.1) is 17.5 Å². The van der Waals surface area contributed by atoms with Gasteiger partial charge >= 0.3 is 11.9 Å². The Morgan fingerprint density at radius 2 is 1.69 bits per heavy atom. The second kappa shape index (κ2) is 8.63. The van der Waals surface area contributed by atoms with Gasteiger partial charge in [0.15, 0.2) is 17.5 Å². The molecule has 1 unspecified atom stereocenters. The highest BCUT2D eigenvalue weighted by Crippen LogP contribution is 2.41. The number of ether oxygens (including phenoxy) is 2. The molecule has 0 aromatic heterocycles. The van der Waals surface area contributed by atoms with Gasteiger partial charge in [0.25, 0.3) is 5.79 Å². The van der Waals surface area contributed by atoms with Crippen LogP contribution in [0.1, 0.15) is 42.5 Å². The van der Waals surface area contributed by atoms with Crippen LogP contribution in [0.5, 0.6) is 0 Å². The maximum atomic E-state index is 13.7. The van der Waals surface area contributed by atoms with E-state index >= 15 is 0 Å². The number of anilines is 1. The predicted molar refractivity (Wildman–Crippen MR) is 109 cm³/mol. The van der Waals surface area contributed by atoms with Crippen LogP contribution in [0.4, 0.5) is 18.9 Å². The Morgan fingerprint density at radius 1 is 1.06 bits per heavy atom. The van der Waals surface area contributed by atoms with Crippen molar-refractivity contribution < 1.29 is 32.2 Å². The molecule has 1 atom stereocenters. The van der Waals surface area contributed by atoms with Gasteiger partial charge in [0.2, 0.25) is 0 Å². The van der Waals surface area contributed by atoms with Gasteiger partial charge in [-0.3, -0.25) is 9.59 Å². The Morgan fingerprint density at radius 3 is 2.31 bits per heavy atom. The summed E-state index contributed by atoms with van der Waals surface area (Å²) in [6, 6.07) is 4.34. The predicted octanol–water partition coefficient (Wildman–Crippen LogP) is 4.11. The molecule has 4 rings (SSSR count). The molecule has 0 amide bonds. The van der Waals surface area contributed by atoms with E-state index in [4.69, 9.17) is 21.1 Å². The van der Waals surface area contributed by atoms with Crippen LogP contribution in [0.25, 0.3) is 0 Å². The molecular formula is C22H20ClF3N2O4. The number of fused-ring (bicyclic) bond motifs is 2. The third-order valence-corrected chi connectivity index (χ3v) is 5.85. The first kappa shape index (κ1) is 22.4. The summed E-state index contributed by atoms with van der Waals surface area (Å²) in [6.45, 7) is 2.16. The molecule has 2 aliphatic rings. The van der Waals surface area contributed by atoms with E-state index < -0.39 is 41.2 Å². The number of esters is 2. The van der Waals surface area contributed by atoms with E-state index in [1.807, 2.05) is 0 Å². The number of hydrogen-bond donors (Lipinski definition) is 2. The topological polar surface area (TPSA) is 76.7 Å². The van der Waals surface area contributed by atoms with Crippen LogP contribution < -0.4 is 10.6 Å². The molecule has 1 saturated heterocycles. The summed E-state index contributed by atoms with van der Waals surface area (Å²) in [5.74, 6) is -6.94. The monoisotopic (exact) mass is 468 g/mol. The van der Waals surface area contributed by atoms with Crippen molar-refractivity contribution in [3.05, 3.63) is 63.4 Å². The Balaban J connectivity index is 1.77. The maximum absolute atomic E-state index is 13.7. The van der Waals surface area contributed by atoms with Gasteiger partial charge in [-0.15, -0.1) is 0 Å². The molecule has 6 nitrogen and oxygen atoms in total. The molecule has 2 aromatic carbocycles. The van der Waals surface area contributed by atoms with Gasteiger partial charge < -0.3 is 20.1 Å². The van der Waals surface area contributed by atoms with Crippen LogP contribution in [0.3, 0.4) is 0 Å². The molecular weight excluding hydrogens is 449 g/mol. The lowest BCUT2D eigenvalue weighted by atomic mass is 9.95. The maximum Gasteiger partial charge on any atom is 0.309 e. The van der Waals surface area contributed by atoms with Gasteiger partial charge in [-0.25, -0.2) is 13.2 Å². The smallest absolute Gasteiger partial charge is 0.309 e. The van der Waals surface area contributed by atoms with Crippen LogP contribution in [-0.2, 0) is 31.3 Å². The first-order chi connectivity index (χ1) is 15.2. The SMILES string of the molecule is CC(Nc1c(Cl)ccc2c1CCNCC21OC(=O)CCC(=O)O1)c1cc(F)c(F)c(F)c1. The molecule has 1 spiro atoms. The number of carbonyl (C=O) groups excluding carboxylic acids is 2. The minimum atomic E-state index is -1.66. The summed E-state index contributed by atoms with van der Waals surface area (Å²) in [7, 11) is 0. The van der Waals surface area contributed by atoms with Crippen molar-refractivity contribution in [3.8, 4) is 0 Å². The van der Waals surface area contributed by atoms with E-state index in [9.17, 15) is 22.8 Å². The van der Waals surface area contributed by atoms with Gasteiger partial charge in [0.1, 0.15) is 0 Å². The molecule has 170 valence electrons. The normalized spacial score (nSPS) is 18.8. The van der Waals surface area contributed by atoms with Crippen LogP contribution >= 0.6 is 11.6 Å². The number of rotatable bonds is 3. The van der Waals surface area contributed by atoms with E-state index in [1.54, 1.807) is 19.1 Å². The highest BCUT2D eigenvalue weighted by atomic mass is 35.5. The lowest BCUT2D eigenvalue weighted by Crippen LogP contribution is -2.43. The minimum absolute atomic E-state index is 0.0580. The zero-order chi connectivity index (χ0) is 23.0. The molecule has 2 heterocycles. The number of carbonyl (C=O) groups is 2. The number of benzene rings is 2. The van der Waals surface area contributed by atoms with Gasteiger partial charge in [-0.2, -0.15) is 0 Å². The summed E-state index contributed by atoms with van der Waals surface area (Å²) in [6.07, 6.45) is 0.259. The van der Waals surface area contributed by atoms with Crippen molar-refractivity contribution in [3.63, 3.8) is 0 Å². The molecule has 2 N–H and O–H groups in total. The van der Waals surface area contributed by atoms with Crippen molar-refractivity contribution in [2.45, 2.75) is 38.0 Å². The fraction of sp³-hybridized carbons (Fsp3) is 0.364. The quantitative estimate of drug-likeness (QED) is 0.521. The van der Waals surface area contributed by atoms with Crippen LogP contribution in [-0.4, -0.2) is 25.0 Å². The fourth-order valence-electron chi connectivity index (χ4n) is 3.96. The highest BCUT2D eigenvalue weighted by molar-refractivity contribution is 6.33. The van der Waals surface area contributed by atoms with Gasteiger partial charge in [0.05, 0.1) is 30.1 Å². The zero-order valence-electron chi connectivity index (χ0n) is 17.1. The third kappa shape index (κ3) is 4.14. The van der Waals surface area contributed by atoms with Crippen molar-refractivity contribution in [1.29, 1.82) is 0 Å². The second-order valence-corrected chi connectivity index (χ2v) is 8.15. The van der Waals surface area contributed by atoms with Gasteiger partial charge in [0, 0.05) is 11.6 Å². The summed E-state index contributed by atoms with van der Waals surface area (Å²) in [5.41, 5.74) is 1.67. The fourth-order valence-corrected chi connectivity index (χ4v) is 4.19. The summed E-state index contributed by atoms with van der Waals surface area (Å²) in [4.78, 5) is 24.4. The van der Waals surface area contributed by atoms with E-state index in [-0.39, 0.29) is 24.9 Å². The first-order valence-electron chi connectivity index (χ1n) is 10.1. The van der Waals surface area contributed by atoms with E-state index in [1.165, 1.54) is 0 Å². The number of halogens is 4. The summed E-state index contributed by atoms with van der Waals surface area (Å²) >= 11 is 6.44. The van der Waals surface area contributed by atoms with Crippen LogP contribution in [0.2, 0.25) is 5.02 Å². The second-order valence-electron chi connectivity index (χ2n) is 7.74. The molecule has 10 heteroatoms. The Labute approximate surface area is 187 Å². The molecule has 32 heavy (non-hydrogen) atoms. The third-order valence-electron chi connectivity index (χ3n) is 5.54. The van der Waals surface area contributed by atoms with Crippen LogP contribution in [0.15, 0.2) is 24.3 Å².